The molecule has 1 heterocycles. The van der Waals surface area contributed by atoms with E-state index in [0.717, 1.165) is 15.4 Å². The van der Waals surface area contributed by atoms with Crippen molar-refractivity contribution in [3.05, 3.63) is 72.3 Å². The monoisotopic (exact) mass is 608 g/mol. The van der Waals surface area contributed by atoms with Crippen LogP contribution in [0.15, 0.2) is 61.2 Å². The van der Waals surface area contributed by atoms with E-state index in [-0.39, 0.29) is 45.7 Å². The van der Waals surface area contributed by atoms with Gasteiger partial charge in [-0.3, -0.25) is 4.79 Å². The molecule has 0 N–H and O–H groups in total. The Hall–Kier alpha value is -2.97. The Morgan fingerprint density at radius 3 is 1.73 bits per heavy atom. The third-order valence-corrected chi connectivity index (χ3v) is 11.1. The van der Waals surface area contributed by atoms with Crippen molar-refractivity contribution < 1.29 is 31.1 Å². The average molecular weight is 609 g/mol. The van der Waals surface area contributed by atoms with E-state index < -0.39 is 31.4 Å². The molecule has 0 spiro atoms. The number of hydrogen-bond acceptors (Lipinski definition) is 7. The van der Waals surface area contributed by atoms with Crippen molar-refractivity contribution in [2.24, 2.45) is 0 Å². The molecule has 11 nitrogen and oxygen atoms in total. The fourth-order valence-electron chi connectivity index (χ4n) is 4.53. The summed E-state index contributed by atoms with van der Waals surface area (Å²) in [5.74, 6) is 0.753. The minimum absolute atomic E-state index is 0.0467. The standard InChI is InChI=1S/C28H40N4O7S2/c1-6-7-8-27(28(33)30-17-19-31(20-18-30)41(36,37)29(2)3)40(34,35)32(21-23-9-13-25(38-4)14-10-23)22-24-11-15-26(39-5)16-12-24/h6,9-16,27H,1,7-8,17-22H2,2-5H3. The molecular weight excluding hydrogens is 568 g/mol. The van der Waals surface area contributed by atoms with Crippen molar-refractivity contribution in [2.45, 2.75) is 31.2 Å². The first kappa shape index (κ1) is 32.5. The first-order valence-corrected chi connectivity index (χ1v) is 16.2. The van der Waals surface area contributed by atoms with E-state index in [1.165, 1.54) is 27.6 Å². The maximum Gasteiger partial charge on any atom is 0.281 e. The van der Waals surface area contributed by atoms with E-state index in [1.807, 2.05) is 0 Å². The number of carbonyl (C=O) groups excluding carboxylic acids is 1. The highest BCUT2D eigenvalue weighted by molar-refractivity contribution is 7.90. The van der Waals surface area contributed by atoms with E-state index in [0.29, 0.717) is 17.9 Å². The van der Waals surface area contributed by atoms with Gasteiger partial charge in [-0.15, -0.1) is 6.58 Å². The van der Waals surface area contributed by atoms with Crippen LogP contribution in [0, 0.1) is 0 Å². The van der Waals surface area contributed by atoms with Crippen LogP contribution in [-0.4, -0.2) is 100 Å². The predicted molar refractivity (Wildman–Crippen MR) is 158 cm³/mol. The van der Waals surface area contributed by atoms with Gasteiger partial charge in [-0.2, -0.15) is 21.3 Å². The normalized spacial score (nSPS) is 15.6. The molecule has 0 aliphatic carbocycles. The Balaban J connectivity index is 1.91. The van der Waals surface area contributed by atoms with Gasteiger partial charge in [0.2, 0.25) is 15.9 Å². The van der Waals surface area contributed by atoms with Crippen LogP contribution in [0.2, 0.25) is 0 Å². The molecule has 41 heavy (non-hydrogen) atoms. The summed E-state index contributed by atoms with van der Waals surface area (Å²) < 4.78 is 67.8. The largest absolute Gasteiger partial charge is 0.497 e. The molecule has 1 unspecified atom stereocenters. The SMILES string of the molecule is C=CCCC(C(=O)N1CCN(S(=O)(=O)N(C)C)CC1)S(=O)(=O)N(Cc1ccc(OC)cc1)Cc1ccc(OC)cc1. The van der Waals surface area contributed by atoms with Gasteiger partial charge in [-0.05, 0) is 48.2 Å². The van der Waals surface area contributed by atoms with Gasteiger partial charge in [-0.1, -0.05) is 30.3 Å². The van der Waals surface area contributed by atoms with Gasteiger partial charge in [0.05, 0.1) is 14.2 Å². The molecule has 13 heteroatoms. The summed E-state index contributed by atoms with van der Waals surface area (Å²) in [7, 11) is -1.80. The minimum atomic E-state index is -4.18. The van der Waals surface area contributed by atoms with Crippen LogP contribution in [-0.2, 0) is 38.1 Å². The van der Waals surface area contributed by atoms with Crippen molar-refractivity contribution in [1.82, 2.24) is 17.8 Å². The number of methoxy groups -OCH3 is 2. The van der Waals surface area contributed by atoms with Crippen molar-refractivity contribution in [3.8, 4) is 11.5 Å². The van der Waals surface area contributed by atoms with Crippen LogP contribution in [0.25, 0.3) is 0 Å². The number of amides is 1. The lowest BCUT2D eigenvalue weighted by molar-refractivity contribution is -0.132. The van der Waals surface area contributed by atoms with Crippen LogP contribution in [0.1, 0.15) is 24.0 Å². The van der Waals surface area contributed by atoms with Gasteiger partial charge >= 0.3 is 0 Å². The minimum Gasteiger partial charge on any atom is -0.497 e. The first-order valence-electron chi connectivity index (χ1n) is 13.3. The van der Waals surface area contributed by atoms with Crippen LogP contribution in [0.3, 0.4) is 0 Å². The average Bonchev–Trinajstić information content (AvgIpc) is 2.97. The molecular formula is C28H40N4O7S2. The number of sulfonamides is 1. The Morgan fingerprint density at radius 2 is 1.34 bits per heavy atom. The van der Waals surface area contributed by atoms with E-state index in [2.05, 4.69) is 6.58 Å². The van der Waals surface area contributed by atoms with E-state index in [9.17, 15) is 21.6 Å². The number of nitrogens with zero attached hydrogens (tertiary/aromatic N) is 4. The lowest BCUT2D eigenvalue weighted by atomic mass is 10.2. The lowest BCUT2D eigenvalue weighted by Crippen LogP contribution is -2.56. The molecule has 1 atom stereocenters. The zero-order valence-corrected chi connectivity index (χ0v) is 25.7. The molecule has 3 rings (SSSR count). The number of piperazine rings is 1. The fraction of sp³-hybridized carbons (Fsp3) is 0.464. The molecule has 0 radical (unpaired) electrons. The number of ether oxygens (including phenoxy) is 2. The maximum absolute atomic E-state index is 14.3. The summed E-state index contributed by atoms with van der Waals surface area (Å²) >= 11 is 0. The summed E-state index contributed by atoms with van der Waals surface area (Å²) in [5, 5.41) is -1.35. The number of benzene rings is 2. The van der Waals surface area contributed by atoms with Gasteiger partial charge in [0.25, 0.3) is 10.2 Å². The Labute approximate surface area is 244 Å². The summed E-state index contributed by atoms with van der Waals surface area (Å²) in [6, 6.07) is 14.2. The fourth-order valence-corrected chi connectivity index (χ4v) is 7.47. The predicted octanol–water partition coefficient (Wildman–Crippen LogP) is 2.32. The van der Waals surface area contributed by atoms with Gasteiger partial charge in [-0.25, -0.2) is 8.42 Å². The van der Waals surface area contributed by atoms with Crippen LogP contribution in [0.4, 0.5) is 0 Å². The summed E-state index contributed by atoms with van der Waals surface area (Å²) in [4.78, 5) is 15.2. The van der Waals surface area contributed by atoms with Crippen molar-refractivity contribution >= 4 is 26.1 Å². The van der Waals surface area contributed by atoms with E-state index >= 15 is 0 Å². The van der Waals surface area contributed by atoms with Gasteiger partial charge in [0.15, 0.2) is 5.25 Å². The second-order valence-electron chi connectivity index (χ2n) is 9.88. The third-order valence-electron chi connectivity index (χ3n) is 7.00. The molecule has 2 aromatic carbocycles. The number of rotatable bonds is 14. The van der Waals surface area contributed by atoms with E-state index in [4.69, 9.17) is 9.47 Å². The summed E-state index contributed by atoms with van der Waals surface area (Å²) in [5.41, 5.74) is 1.47. The molecule has 1 fully saturated rings. The highest BCUT2D eigenvalue weighted by Crippen LogP contribution is 2.25. The Kier molecular flexibility index (Phi) is 11.3. The van der Waals surface area contributed by atoms with Crippen LogP contribution in [0.5, 0.6) is 11.5 Å². The topological polar surface area (TPSA) is 117 Å². The highest BCUT2D eigenvalue weighted by Gasteiger charge is 2.41. The molecule has 0 bridgehead atoms. The summed E-state index contributed by atoms with van der Waals surface area (Å²) in [6.07, 6.45) is 1.97. The third kappa shape index (κ3) is 8.07. The smallest absolute Gasteiger partial charge is 0.281 e. The first-order chi connectivity index (χ1) is 19.4. The zero-order valence-electron chi connectivity index (χ0n) is 24.1. The molecule has 1 saturated heterocycles. The van der Waals surface area contributed by atoms with Crippen LogP contribution < -0.4 is 9.47 Å². The van der Waals surface area contributed by atoms with Crippen molar-refractivity contribution in [3.63, 3.8) is 0 Å². The summed E-state index contributed by atoms with van der Waals surface area (Å²) in [6.45, 7) is 4.18. The molecule has 0 aromatic heterocycles. The number of allylic oxidation sites excluding steroid dienone is 1. The maximum atomic E-state index is 14.3. The number of hydrogen-bond donors (Lipinski definition) is 0. The molecule has 1 aliphatic heterocycles. The zero-order chi connectivity index (χ0) is 30.2. The van der Waals surface area contributed by atoms with Gasteiger partial charge < -0.3 is 14.4 Å². The second kappa shape index (κ2) is 14.3. The van der Waals surface area contributed by atoms with Crippen LogP contribution >= 0.6 is 0 Å². The molecule has 1 amide bonds. The molecule has 226 valence electrons. The van der Waals surface area contributed by atoms with Gasteiger partial charge in [0.1, 0.15) is 11.5 Å². The van der Waals surface area contributed by atoms with E-state index in [1.54, 1.807) is 68.8 Å². The van der Waals surface area contributed by atoms with Crippen molar-refractivity contribution in [1.29, 1.82) is 0 Å². The second-order valence-corrected chi connectivity index (χ2v) is 14.1. The lowest BCUT2D eigenvalue weighted by Gasteiger charge is -2.37. The quantitative estimate of drug-likeness (QED) is 0.302. The van der Waals surface area contributed by atoms with Gasteiger partial charge in [0, 0.05) is 53.4 Å². The molecule has 0 saturated carbocycles. The molecule has 2 aromatic rings. The number of carbonyl (C=O) groups is 1. The van der Waals surface area contributed by atoms with Crippen molar-refractivity contribution in [2.75, 3.05) is 54.5 Å². The molecule has 1 aliphatic rings. The Bertz CT molecular complexity index is 1320. The highest BCUT2D eigenvalue weighted by atomic mass is 32.2. The Morgan fingerprint density at radius 1 is 0.878 bits per heavy atom.